The van der Waals surface area contributed by atoms with Gasteiger partial charge >= 0.3 is 0 Å². The minimum Gasteiger partial charge on any atom is -0.493 e. The lowest BCUT2D eigenvalue weighted by atomic mass is 9.97. The van der Waals surface area contributed by atoms with Crippen molar-refractivity contribution in [3.63, 3.8) is 0 Å². The van der Waals surface area contributed by atoms with Gasteiger partial charge in [-0.3, -0.25) is 19.6 Å². The van der Waals surface area contributed by atoms with Crippen LogP contribution < -0.4 is 25.0 Å². The molecule has 1 aromatic heterocycles. The molecular formula is C31H29FN4O5. The number of rotatable bonds is 7. The maximum absolute atomic E-state index is 15.2. The number of ether oxygens (including phenoxy) is 3. The van der Waals surface area contributed by atoms with E-state index in [1.165, 1.54) is 33.4 Å². The monoisotopic (exact) mass is 556 g/mol. The maximum Gasteiger partial charge on any atom is 0.261 e. The van der Waals surface area contributed by atoms with Gasteiger partial charge in [0.05, 0.1) is 31.0 Å². The first-order valence-electron chi connectivity index (χ1n) is 12.9. The van der Waals surface area contributed by atoms with E-state index >= 15 is 4.39 Å². The first kappa shape index (κ1) is 27.6. The molecule has 2 heterocycles. The number of nitrogens with zero attached hydrogens (tertiary/aromatic N) is 3. The van der Waals surface area contributed by atoms with Crippen LogP contribution in [0.4, 0.5) is 15.8 Å². The van der Waals surface area contributed by atoms with E-state index in [0.717, 1.165) is 35.6 Å². The fourth-order valence-corrected chi connectivity index (χ4v) is 5.11. The minimum atomic E-state index is -0.747. The number of aliphatic imine (C=N–C) groups is 2. The first-order chi connectivity index (χ1) is 19.8. The van der Waals surface area contributed by atoms with Crippen molar-refractivity contribution >= 4 is 40.8 Å². The van der Waals surface area contributed by atoms with Gasteiger partial charge in [0.15, 0.2) is 23.1 Å². The van der Waals surface area contributed by atoms with Crippen LogP contribution >= 0.6 is 0 Å². The van der Waals surface area contributed by atoms with E-state index in [4.69, 9.17) is 14.2 Å². The van der Waals surface area contributed by atoms with Crippen molar-refractivity contribution in [3.05, 3.63) is 87.0 Å². The number of halogens is 1. The molecule has 1 amide bonds. The quantitative estimate of drug-likeness (QED) is 0.241. The smallest absolute Gasteiger partial charge is 0.261 e. The Bertz CT molecular complexity index is 1790. The van der Waals surface area contributed by atoms with Crippen LogP contribution in [0.3, 0.4) is 0 Å². The standard InChI is InChI=1S/C31H29FN4O5/c1-17-11-18-7-6-10-36-16-22(29(37)21(12-17)28(18)36)30(38)35-19-8-9-25(23(32)13-19)41-31(34-3)20-14-26(39-4)27(40-5)15-24(20)33-2/h8-9,11-16H,2,6-7,10H2,1,3-5H3,(H,35,38). The normalized spacial score (nSPS) is 12.7. The number of benzene rings is 3. The predicted molar refractivity (Wildman–Crippen MR) is 157 cm³/mol. The van der Waals surface area contributed by atoms with E-state index < -0.39 is 11.7 Å². The molecule has 0 saturated heterocycles. The van der Waals surface area contributed by atoms with Gasteiger partial charge in [-0.1, -0.05) is 6.07 Å². The van der Waals surface area contributed by atoms with E-state index in [1.807, 2.05) is 17.6 Å². The van der Waals surface area contributed by atoms with Crippen molar-refractivity contribution in [1.29, 1.82) is 0 Å². The molecule has 0 fully saturated rings. The molecule has 0 spiro atoms. The Kier molecular flexibility index (Phi) is 7.56. The highest BCUT2D eigenvalue weighted by molar-refractivity contribution is 6.06. The Morgan fingerprint density at radius 3 is 2.49 bits per heavy atom. The SMILES string of the molecule is C=Nc1cc(OC)c(OC)cc1C(=NC)Oc1ccc(NC(=O)c2cn3c4c(cc(C)cc4c2=O)CCC3)cc1F. The molecule has 9 nitrogen and oxygen atoms in total. The largest absolute Gasteiger partial charge is 0.493 e. The van der Waals surface area contributed by atoms with E-state index in [1.54, 1.807) is 18.3 Å². The molecular weight excluding hydrogens is 527 g/mol. The van der Waals surface area contributed by atoms with Gasteiger partial charge < -0.3 is 24.1 Å². The number of methoxy groups -OCH3 is 2. The van der Waals surface area contributed by atoms with E-state index in [9.17, 15) is 9.59 Å². The summed E-state index contributed by atoms with van der Waals surface area (Å²) in [4.78, 5) is 34.6. The van der Waals surface area contributed by atoms with Crippen LogP contribution in [-0.2, 0) is 13.0 Å². The van der Waals surface area contributed by atoms with Crippen molar-refractivity contribution in [2.45, 2.75) is 26.3 Å². The number of amides is 1. The van der Waals surface area contributed by atoms with Gasteiger partial charge in [-0.25, -0.2) is 4.39 Å². The lowest BCUT2D eigenvalue weighted by Crippen LogP contribution is -2.25. The number of pyridine rings is 1. The average molecular weight is 557 g/mol. The minimum absolute atomic E-state index is 0.00463. The van der Waals surface area contributed by atoms with Crippen molar-refractivity contribution in [2.75, 3.05) is 26.6 Å². The molecule has 1 aliphatic heterocycles. The lowest BCUT2D eigenvalue weighted by molar-refractivity contribution is 0.102. The molecule has 0 unspecified atom stereocenters. The van der Waals surface area contributed by atoms with Crippen LogP contribution in [-0.4, -0.2) is 44.4 Å². The van der Waals surface area contributed by atoms with Crippen LogP contribution in [0.25, 0.3) is 10.9 Å². The van der Waals surface area contributed by atoms with E-state index in [2.05, 4.69) is 28.1 Å². The fourth-order valence-electron chi connectivity index (χ4n) is 5.11. The van der Waals surface area contributed by atoms with Gasteiger partial charge in [-0.15, -0.1) is 0 Å². The highest BCUT2D eigenvalue weighted by Gasteiger charge is 2.22. The van der Waals surface area contributed by atoms with Crippen LogP contribution in [0, 0.1) is 12.7 Å². The van der Waals surface area contributed by atoms with Crippen LogP contribution in [0.5, 0.6) is 17.2 Å². The molecule has 0 aliphatic carbocycles. The molecule has 1 aliphatic rings. The average Bonchev–Trinajstić information content (AvgIpc) is 2.97. The summed E-state index contributed by atoms with van der Waals surface area (Å²) in [7, 11) is 4.47. The van der Waals surface area contributed by atoms with Gasteiger partial charge in [-0.05, 0) is 61.9 Å². The second-order valence-electron chi connectivity index (χ2n) is 9.60. The number of hydrogen-bond donors (Lipinski definition) is 1. The molecule has 0 saturated carbocycles. The van der Waals surface area contributed by atoms with Crippen molar-refractivity contribution in [2.24, 2.45) is 9.98 Å². The number of carbonyl (C=O) groups excluding carboxylic acids is 1. The summed E-state index contributed by atoms with van der Waals surface area (Å²) in [6.07, 6.45) is 3.39. The van der Waals surface area contributed by atoms with Crippen LogP contribution in [0.2, 0.25) is 0 Å². The lowest BCUT2D eigenvalue weighted by Gasteiger charge is -2.21. The molecule has 1 N–H and O–H groups in total. The van der Waals surface area contributed by atoms with Gasteiger partial charge in [0.1, 0.15) is 5.56 Å². The van der Waals surface area contributed by atoms with Gasteiger partial charge in [0, 0.05) is 43.0 Å². The molecule has 4 aromatic rings. The van der Waals surface area contributed by atoms with E-state index in [0.29, 0.717) is 34.7 Å². The molecule has 5 rings (SSSR count). The fraction of sp³-hybridized carbons (Fsp3) is 0.226. The van der Waals surface area contributed by atoms with E-state index in [-0.39, 0.29) is 28.3 Å². The Labute approximate surface area is 235 Å². The number of hydrogen-bond acceptors (Lipinski definition) is 7. The van der Waals surface area contributed by atoms with Crippen molar-refractivity contribution in [3.8, 4) is 17.2 Å². The summed E-state index contributed by atoms with van der Waals surface area (Å²) in [5, 5.41) is 3.15. The van der Waals surface area contributed by atoms with Crippen molar-refractivity contribution < 1.29 is 23.4 Å². The number of aryl methyl sites for hydroxylation is 3. The van der Waals surface area contributed by atoms with Gasteiger partial charge in [-0.2, -0.15) is 0 Å². The second-order valence-corrected chi connectivity index (χ2v) is 9.60. The van der Waals surface area contributed by atoms with Crippen LogP contribution in [0.1, 0.15) is 33.5 Å². The van der Waals surface area contributed by atoms with Crippen molar-refractivity contribution in [1.82, 2.24) is 4.57 Å². The third-order valence-electron chi connectivity index (χ3n) is 6.99. The summed E-state index contributed by atoms with van der Waals surface area (Å²) < 4.78 is 33.6. The molecule has 10 heteroatoms. The second kappa shape index (κ2) is 11.2. The summed E-state index contributed by atoms with van der Waals surface area (Å²) in [6, 6.07) is 11.1. The Balaban J connectivity index is 1.41. The maximum atomic E-state index is 15.2. The number of nitrogens with one attached hydrogen (secondary N) is 1. The molecule has 41 heavy (non-hydrogen) atoms. The molecule has 0 bridgehead atoms. The van der Waals surface area contributed by atoms with Gasteiger partial charge in [0.25, 0.3) is 5.91 Å². The Morgan fingerprint density at radius 1 is 1.05 bits per heavy atom. The first-order valence-corrected chi connectivity index (χ1v) is 12.9. The topological polar surface area (TPSA) is 104 Å². The van der Waals surface area contributed by atoms with Gasteiger partial charge in [0.2, 0.25) is 11.3 Å². The molecule has 0 atom stereocenters. The third-order valence-corrected chi connectivity index (χ3v) is 6.99. The highest BCUT2D eigenvalue weighted by atomic mass is 19.1. The zero-order valence-corrected chi connectivity index (χ0v) is 23.2. The molecule has 0 radical (unpaired) electrons. The zero-order chi connectivity index (χ0) is 29.3. The zero-order valence-electron chi connectivity index (χ0n) is 23.2. The highest BCUT2D eigenvalue weighted by Crippen LogP contribution is 2.36. The summed E-state index contributed by atoms with van der Waals surface area (Å²) in [5.41, 5.74) is 3.55. The number of carbonyl (C=O) groups is 1. The Morgan fingerprint density at radius 2 is 1.80 bits per heavy atom. The molecule has 210 valence electrons. The Hall–Kier alpha value is -4.99. The molecule has 3 aromatic carbocycles. The third kappa shape index (κ3) is 5.16. The summed E-state index contributed by atoms with van der Waals surface area (Å²) in [5.74, 6) is -0.591. The summed E-state index contributed by atoms with van der Waals surface area (Å²) >= 11 is 0. The van der Waals surface area contributed by atoms with Crippen LogP contribution in [0.15, 0.2) is 63.4 Å². The number of anilines is 1. The number of aromatic nitrogens is 1. The summed E-state index contributed by atoms with van der Waals surface area (Å²) in [6.45, 7) is 6.22. The predicted octanol–water partition coefficient (Wildman–Crippen LogP) is 5.45.